The van der Waals surface area contributed by atoms with Gasteiger partial charge in [-0.05, 0) is 31.7 Å². The van der Waals surface area contributed by atoms with Gasteiger partial charge >= 0.3 is 0 Å². The number of hydrogen-bond acceptors (Lipinski definition) is 4. The van der Waals surface area contributed by atoms with Crippen molar-refractivity contribution < 1.29 is 14.2 Å². The predicted molar refractivity (Wildman–Crippen MR) is 101 cm³/mol. The summed E-state index contributed by atoms with van der Waals surface area (Å²) in [4.78, 5) is 7.17. The molecule has 0 bridgehead atoms. The van der Waals surface area contributed by atoms with Gasteiger partial charge in [-0.3, -0.25) is 0 Å². The van der Waals surface area contributed by atoms with Crippen LogP contribution in [0.4, 0.5) is 0 Å². The van der Waals surface area contributed by atoms with Crippen LogP contribution < -0.4 is 19.5 Å². The van der Waals surface area contributed by atoms with Crippen molar-refractivity contribution in [2.24, 2.45) is 10.9 Å². The molecule has 25 heavy (non-hydrogen) atoms. The zero-order valence-electron chi connectivity index (χ0n) is 16.1. The van der Waals surface area contributed by atoms with E-state index in [1.54, 1.807) is 21.3 Å². The lowest BCUT2D eigenvalue weighted by Crippen LogP contribution is -2.45. The molecule has 1 fully saturated rings. The van der Waals surface area contributed by atoms with Crippen molar-refractivity contribution in [3.63, 3.8) is 0 Å². The average Bonchev–Trinajstić information content (AvgIpc) is 2.65. The van der Waals surface area contributed by atoms with Crippen molar-refractivity contribution in [3.8, 4) is 17.2 Å². The van der Waals surface area contributed by atoms with Crippen molar-refractivity contribution in [2.75, 3.05) is 41.0 Å². The first kappa shape index (κ1) is 19.2. The van der Waals surface area contributed by atoms with Crippen LogP contribution in [0.15, 0.2) is 17.1 Å². The molecule has 0 atom stereocenters. The first-order valence-corrected chi connectivity index (χ1v) is 8.95. The number of piperidine rings is 1. The molecule has 1 N–H and O–H groups in total. The number of nitrogens with zero attached hydrogens (tertiary/aromatic N) is 2. The molecule has 1 aromatic rings. The summed E-state index contributed by atoms with van der Waals surface area (Å²) >= 11 is 0. The highest BCUT2D eigenvalue weighted by molar-refractivity contribution is 5.80. The number of methoxy groups -OCH3 is 3. The van der Waals surface area contributed by atoms with Gasteiger partial charge in [0.1, 0.15) is 5.75 Å². The fraction of sp³-hybridized carbons (Fsp3) is 0.632. The molecule has 0 aromatic heterocycles. The Morgan fingerprint density at radius 1 is 1.08 bits per heavy atom. The van der Waals surface area contributed by atoms with E-state index in [9.17, 15) is 0 Å². The Morgan fingerprint density at radius 2 is 1.68 bits per heavy atom. The summed E-state index contributed by atoms with van der Waals surface area (Å²) in [6.07, 6.45) is 2.42. The summed E-state index contributed by atoms with van der Waals surface area (Å²) in [5.74, 6) is 3.86. The van der Waals surface area contributed by atoms with Gasteiger partial charge in [0, 0.05) is 31.3 Å². The molecule has 1 aliphatic heterocycles. The molecule has 0 radical (unpaired) electrons. The number of likely N-dealkylation sites (tertiary alicyclic amines) is 1. The largest absolute Gasteiger partial charge is 0.496 e. The topological polar surface area (TPSA) is 55.3 Å². The summed E-state index contributed by atoms with van der Waals surface area (Å²) in [5.41, 5.74) is 0.973. The number of guanidine groups is 1. The van der Waals surface area contributed by atoms with Gasteiger partial charge < -0.3 is 24.4 Å². The maximum atomic E-state index is 5.50. The maximum Gasteiger partial charge on any atom is 0.194 e. The Bertz CT molecular complexity index is 582. The van der Waals surface area contributed by atoms with Crippen LogP contribution in [0.5, 0.6) is 17.2 Å². The standard InChI is InChI=1S/C19H31N3O3/c1-6-20-19(22-9-7-14(2)8-10-22)21-13-15-11-17(24-4)18(25-5)12-16(15)23-3/h11-12,14H,6-10,13H2,1-5H3,(H,20,21). The molecule has 1 heterocycles. The van der Waals surface area contributed by atoms with Crippen molar-refractivity contribution in [3.05, 3.63) is 17.7 Å². The third-order valence-electron chi connectivity index (χ3n) is 4.60. The zero-order chi connectivity index (χ0) is 18.2. The monoisotopic (exact) mass is 349 g/mol. The van der Waals surface area contributed by atoms with Gasteiger partial charge in [-0.15, -0.1) is 0 Å². The first-order valence-electron chi connectivity index (χ1n) is 8.95. The Kier molecular flexibility index (Phi) is 7.22. The fourth-order valence-electron chi connectivity index (χ4n) is 3.02. The van der Waals surface area contributed by atoms with Crippen LogP contribution in [0.25, 0.3) is 0 Å². The second kappa shape index (κ2) is 9.39. The van der Waals surface area contributed by atoms with Gasteiger partial charge in [0.15, 0.2) is 17.5 Å². The van der Waals surface area contributed by atoms with Gasteiger partial charge in [-0.1, -0.05) is 6.92 Å². The minimum atomic E-state index is 0.526. The highest BCUT2D eigenvalue weighted by Gasteiger charge is 2.19. The summed E-state index contributed by atoms with van der Waals surface area (Å²) in [7, 11) is 4.91. The van der Waals surface area contributed by atoms with Crippen LogP contribution in [-0.4, -0.2) is 51.8 Å². The highest BCUT2D eigenvalue weighted by Crippen LogP contribution is 2.35. The van der Waals surface area contributed by atoms with Crippen molar-refractivity contribution in [1.82, 2.24) is 10.2 Å². The van der Waals surface area contributed by atoms with Gasteiger partial charge in [-0.25, -0.2) is 4.99 Å². The number of ether oxygens (including phenoxy) is 3. The number of aliphatic imine (C=N–C) groups is 1. The van der Waals surface area contributed by atoms with Crippen LogP contribution in [0, 0.1) is 5.92 Å². The molecule has 1 aliphatic rings. The Morgan fingerprint density at radius 3 is 2.24 bits per heavy atom. The van der Waals surface area contributed by atoms with Gasteiger partial charge in [0.25, 0.3) is 0 Å². The fourth-order valence-corrected chi connectivity index (χ4v) is 3.02. The van der Waals surface area contributed by atoms with E-state index in [1.807, 2.05) is 12.1 Å². The SMILES string of the molecule is CCNC(=NCc1cc(OC)c(OC)cc1OC)N1CCC(C)CC1. The molecule has 0 spiro atoms. The van der Waals surface area contributed by atoms with Crippen molar-refractivity contribution >= 4 is 5.96 Å². The van der Waals surface area contributed by atoms with Crippen LogP contribution in [-0.2, 0) is 6.54 Å². The second-order valence-corrected chi connectivity index (χ2v) is 6.36. The molecule has 0 aliphatic carbocycles. The Balaban J connectivity index is 2.21. The van der Waals surface area contributed by atoms with Crippen LogP contribution in [0.1, 0.15) is 32.3 Å². The van der Waals surface area contributed by atoms with E-state index in [1.165, 1.54) is 12.8 Å². The number of hydrogen-bond donors (Lipinski definition) is 1. The molecule has 0 unspecified atom stereocenters. The quantitative estimate of drug-likeness (QED) is 0.632. The van der Waals surface area contributed by atoms with E-state index in [0.29, 0.717) is 18.0 Å². The van der Waals surface area contributed by atoms with Crippen LogP contribution in [0.2, 0.25) is 0 Å². The van der Waals surface area contributed by atoms with Crippen molar-refractivity contribution in [2.45, 2.75) is 33.2 Å². The second-order valence-electron chi connectivity index (χ2n) is 6.36. The van der Waals surface area contributed by atoms with E-state index in [-0.39, 0.29) is 0 Å². The van der Waals surface area contributed by atoms with E-state index in [4.69, 9.17) is 19.2 Å². The molecule has 1 aromatic carbocycles. The lowest BCUT2D eigenvalue weighted by Gasteiger charge is -2.33. The molecule has 6 heteroatoms. The number of nitrogens with one attached hydrogen (secondary N) is 1. The van der Waals surface area contributed by atoms with E-state index in [2.05, 4.69) is 24.1 Å². The summed E-state index contributed by atoms with van der Waals surface area (Å²) in [6, 6.07) is 3.78. The summed E-state index contributed by atoms with van der Waals surface area (Å²) < 4.78 is 16.2. The molecular weight excluding hydrogens is 318 g/mol. The molecular formula is C19H31N3O3. The van der Waals surface area contributed by atoms with Crippen molar-refractivity contribution in [1.29, 1.82) is 0 Å². The average molecular weight is 349 g/mol. The van der Waals surface area contributed by atoms with E-state index in [0.717, 1.165) is 42.8 Å². The van der Waals surface area contributed by atoms with Crippen LogP contribution in [0.3, 0.4) is 0 Å². The minimum Gasteiger partial charge on any atom is -0.496 e. The lowest BCUT2D eigenvalue weighted by molar-refractivity contribution is 0.273. The normalized spacial score (nSPS) is 15.9. The highest BCUT2D eigenvalue weighted by atomic mass is 16.5. The maximum absolute atomic E-state index is 5.50. The first-order chi connectivity index (χ1) is 12.1. The van der Waals surface area contributed by atoms with Gasteiger partial charge in [0.2, 0.25) is 0 Å². The molecule has 6 nitrogen and oxygen atoms in total. The smallest absolute Gasteiger partial charge is 0.194 e. The summed E-state index contributed by atoms with van der Waals surface area (Å²) in [6.45, 7) is 7.90. The van der Waals surface area contributed by atoms with Gasteiger partial charge in [0.05, 0.1) is 27.9 Å². The number of rotatable bonds is 6. The van der Waals surface area contributed by atoms with E-state index < -0.39 is 0 Å². The number of benzene rings is 1. The predicted octanol–water partition coefficient (Wildman–Crippen LogP) is 2.91. The van der Waals surface area contributed by atoms with E-state index >= 15 is 0 Å². The Hall–Kier alpha value is -2.11. The zero-order valence-corrected chi connectivity index (χ0v) is 16.1. The molecule has 1 saturated heterocycles. The third-order valence-corrected chi connectivity index (χ3v) is 4.60. The molecule has 0 saturated carbocycles. The molecule has 140 valence electrons. The van der Waals surface area contributed by atoms with Crippen LogP contribution >= 0.6 is 0 Å². The summed E-state index contributed by atoms with van der Waals surface area (Å²) in [5, 5.41) is 3.41. The minimum absolute atomic E-state index is 0.526. The van der Waals surface area contributed by atoms with Gasteiger partial charge in [-0.2, -0.15) is 0 Å². The third kappa shape index (κ3) is 4.94. The lowest BCUT2D eigenvalue weighted by atomic mass is 10.00. The molecule has 2 rings (SSSR count). The molecule has 0 amide bonds. The Labute approximate surface area is 151 Å².